The van der Waals surface area contributed by atoms with Crippen LogP contribution in [0.1, 0.15) is 284 Å². The molecule has 0 radical (unpaired) electrons. The Bertz CT molecular complexity index is 1130. The van der Waals surface area contributed by atoms with Crippen molar-refractivity contribution in [3.05, 3.63) is 24.3 Å². The standard InChI is InChI=1S/C57H113N2O6P/c1-6-8-10-12-14-16-18-20-22-24-26-27-28-29-30-31-33-34-36-38-40-42-44-46-48-50-56(60)55(54-65-66(62,63)64-53-52-59(3,4)5)58-57(61)51-49-47-45-43-41-39-37-35-32-25-23-21-19-17-15-13-11-9-7-2/h15,17,19,21,55-56,60H,6-14,16,18,20,22-54H2,1-5H3,(H-,58,61,62,63)/p+1/b17-15-,21-19-. The van der Waals surface area contributed by atoms with E-state index in [4.69, 9.17) is 9.05 Å². The number of quaternary nitrogens is 1. The van der Waals surface area contributed by atoms with E-state index in [2.05, 4.69) is 43.5 Å². The summed E-state index contributed by atoms with van der Waals surface area (Å²) in [5.41, 5.74) is 0. The highest BCUT2D eigenvalue weighted by Gasteiger charge is 2.28. The Kier molecular flexibility index (Phi) is 48.2. The Hall–Kier alpha value is -1.02. The van der Waals surface area contributed by atoms with Gasteiger partial charge in [0.2, 0.25) is 5.91 Å². The summed E-state index contributed by atoms with van der Waals surface area (Å²) in [6.07, 6.45) is 60.8. The van der Waals surface area contributed by atoms with Crippen LogP contribution in [0.5, 0.6) is 0 Å². The molecule has 0 aliphatic rings. The number of unbranched alkanes of at least 4 members (excludes halogenated alkanes) is 37. The van der Waals surface area contributed by atoms with E-state index in [9.17, 15) is 19.4 Å². The van der Waals surface area contributed by atoms with E-state index >= 15 is 0 Å². The summed E-state index contributed by atoms with van der Waals surface area (Å²) in [6, 6.07) is -0.762. The Morgan fingerprint density at radius 2 is 0.848 bits per heavy atom. The number of aliphatic hydroxyl groups excluding tert-OH is 1. The average molecular weight is 955 g/mol. The van der Waals surface area contributed by atoms with Crippen LogP contribution < -0.4 is 5.32 Å². The van der Waals surface area contributed by atoms with E-state index in [-0.39, 0.29) is 19.1 Å². The highest BCUT2D eigenvalue weighted by Crippen LogP contribution is 2.43. The average Bonchev–Trinajstić information content (AvgIpc) is 3.28. The number of phosphoric acid groups is 1. The molecule has 9 heteroatoms. The first-order valence-electron chi connectivity index (χ1n) is 28.7. The third-order valence-corrected chi connectivity index (χ3v) is 14.2. The Morgan fingerprint density at radius 3 is 1.24 bits per heavy atom. The normalized spacial score (nSPS) is 14.1. The van der Waals surface area contributed by atoms with Gasteiger partial charge in [-0.05, 0) is 38.5 Å². The van der Waals surface area contributed by atoms with Gasteiger partial charge in [-0.15, -0.1) is 0 Å². The van der Waals surface area contributed by atoms with Gasteiger partial charge >= 0.3 is 7.82 Å². The van der Waals surface area contributed by atoms with E-state index in [0.717, 1.165) is 38.5 Å². The third kappa shape index (κ3) is 50.8. The van der Waals surface area contributed by atoms with Crippen LogP contribution in [-0.2, 0) is 18.4 Å². The van der Waals surface area contributed by atoms with Crippen molar-refractivity contribution in [3.63, 3.8) is 0 Å². The number of allylic oxidation sites excluding steroid dienone is 4. The summed E-state index contributed by atoms with van der Waals surface area (Å²) in [7, 11) is 1.62. The lowest BCUT2D eigenvalue weighted by molar-refractivity contribution is -0.870. The molecule has 0 aliphatic carbocycles. The van der Waals surface area contributed by atoms with Gasteiger partial charge in [0.05, 0.1) is 39.9 Å². The zero-order chi connectivity index (χ0) is 48.5. The molecule has 0 heterocycles. The van der Waals surface area contributed by atoms with Crippen molar-refractivity contribution in [1.29, 1.82) is 0 Å². The number of phosphoric ester groups is 1. The molecule has 3 N–H and O–H groups in total. The second kappa shape index (κ2) is 49.0. The van der Waals surface area contributed by atoms with E-state index in [0.29, 0.717) is 23.9 Å². The number of likely N-dealkylation sites (N-methyl/N-ethyl adjacent to an activating group) is 1. The van der Waals surface area contributed by atoms with Gasteiger partial charge in [0.25, 0.3) is 0 Å². The molecule has 0 aromatic heterocycles. The monoisotopic (exact) mass is 954 g/mol. The summed E-state index contributed by atoms with van der Waals surface area (Å²) in [5, 5.41) is 14.1. The van der Waals surface area contributed by atoms with E-state index in [1.165, 1.54) is 218 Å². The molecule has 0 saturated heterocycles. The zero-order valence-corrected chi connectivity index (χ0v) is 45.6. The smallest absolute Gasteiger partial charge is 0.391 e. The Morgan fingerprint density at radius 1 is 0.515 bits per heavy atom. The predicted octanol–water partition coefficient (Wildman–Crippen LogP) is 17.2. The molecule has 3 unspecified atom stereocenters. The highest BCUT2D eigenvalue weighted by molar-refractivity contribution is 7.47. The van der Waals surface area contributed by atoms with Crippen molar-refractivity contribution in [2.75, 3.05) is 40.9 Å². The number of carbonyl (C=O) groups excluding carboxylic acids is 1. The van der Waals surface area contributed by atoms with Crippen LogP contribution in [0.3, 0.4) is 0 Å². The molecule has 3 atom stereocenters. The lowest BCUT2D eigenvalue weighted by atomic mass is 10.0. The Labute approximate surface area is 411 Å². The first-order chi connectivity index (χ1) is 32.0. The minimum atomic E-state index is -4.32. The van der Waals surface area contributed by atoms with Crippen LogP contribution in [0.25, 0.3) is 0 Å². The first-order valence-corrected chi connectivity index (χ1v) is 30.2. The van der Waals surface area contributed by atoms with Crippen LogP contribution >= 0.6 is 7.82 Å². The molecule has 0 saturated carbocycles. The topological polar surface area (TPSA) is 105 Å². The van der Waals surface area contributed by atoms with Gasteiger partial charge in [-0.25, -0.2) is 4.57 Å². The van der Waals surface area contributed by atoms with Crippen molar-refractivity contribution >= 4 is 13.7 Å². The molecule has 0 fully saturated rings. The fourth-order valence-electron chi connectivity index (χ4n) is 8.69. The minimum Gasteiger partial charge on any atom is -0.391 e. The van der Waals surface area contributed by atoms with Crippen molar-refractivity contribution < 1.29 is 32.9 Å². The predicted molar refractivity (Wildman–Crippen MR) is 286 cm³/mol. The molecule has 0 rings (SSSR count). The van der Waals surface area contributed by atoms with Crippen LogP contribution in [0.2, 0.25) is 0 Å². The Balaban J connectivity index is 4.15. The van der Waals surface area contributed by atoms with Gasteiger partial charge in [-0.2, -0.15) is 0 Å². The van der Waals surface area contributed by atoms with Gasteiger partial charge < -0.3 is 19.8 Å². The number of carbonyl (C=O) groups is 1. The largest absolute Gasteiger partial charge is 0.472 e. The van der Waals surface area contributed by atoms with Crippen molar-refractivity contribution in [3.8, 4) is 0 Å². The summed E-state index contributed by atoms with van der Waals surface area (Å²) >= 11 is 0. The lowest BCUT2D eigenvalue weighted by Crippen LogP contribution is -2.46. The fourth-order valence-corrected chi connectivity index (χ4v) is 9.42. The number of aliphatic hydroxyl groups is 1. The minimum absolute atomic E-state index is 0.0752. The third-order valence-electron chi connectivity index (χ3n) is 13.2. The SMILES string of the molecule is CCCCC/C=C\C=C/CCCCCCCCCCCCC(=O)NC(COP(=O)(O)OCC[N+](C)(C)C)C(O)CCCCCCCCCCCCCCCCCCCCCCCCCCC. The maximum atomic E-state index is 13.0. The van der Waals surface area contributed by atoms with Gasteiger partial charge in [-0.1, -0.05) is 263 Å². The molecule has 0 aromatic rings. The molecular formula is C57H114N2O6P+. The summed E-state index contributed by atoms with van der Waals surface area (Å²) < 4.78 is 23.8. The second-order valence-corrected chi connectivity index (χ2v) is 22.5. The summed E-state index contributed by atoms with van der Waals surface area (Å²) in [5.74, 6) is -0.144. The molecular weight excluding hydrogens is 840 g/mol. The molecule has 66 heavy (non-hydrogen) atoms. The zero-order valence-electron chi connectivity index (χ0n) is 44.7. The number of hydrogen-bond donors (Lipinski definition) is 3. The molecule has 0 bridgehead atoms. The molecule has 0 spiro atoms. The summed E-state index contributed by atoms with van der Waals surface area (Å²) in [4.78, 5) is 23.3. The van der Waals surface area contributed by atoms with Crippen molar-refractivity contribution in [2.45, 2.75) is 296 Å². The lowest BCUT2D eigenvalue weighted by Gasteiger charge is -2.26. The maximum absolute atomic E-state index is 13.0. The quantitative estimate of drug-likeness (QED) is 0.0243. The van der Waals surface area contributed by atoms with E-state index < -0.39 is 20.0 Å². The second-order valence-electron chi connectivity index (χ2n) is 21.1. The van der Waals surface area contributed by atoms with Crippen LogP contribution in [0.4, 0.5) is 0 Å². The summed E-state index contributed by atoms with van der Waals surface area (Å²) in [6.45, 7) is 4.90. The highest BCUT2D eigenvalue weighted by atomic mass is 31.2. The number of nitrogens with zero attached hydrogens (tertiary/aromatic N) is 1. The van der Waals surface area contributed by atoms with Crippen molar-refractivity contribution in [1.82, 2.24) is 5.32 Å². The maximum Gasteiger partial charge on any atom is 0.472 e. The molecule has 8 nitrogen and oxygen atoms in total. The number of nitrogens with one attached hydrogen (secondary N) is 1. The van der Waals surface area contributed by atoms with E-state index in [1.807, 2.05) is 21.1 Å². The van der Waals surface area contributed by atoms with Gasteiger partial charge in [0.1, 0.15) is 13.2 Å². The van der Waals surface area contributed by atoms with Gasteiger partial charge in [-0.3, -0.25) is 13.8 Å². The number of rotatable bonds is 53. The van der Waals surface area contributed by atoms with Crippen LogP contribution in [0, 0.1) is 0 Å². The first kappa shape index (κ1) is 65.0. The van der Waals surface area contributed by atoms with E-state index in [1.54, 1.807) is 0 Å². The molecule has 1 amide bonds. The van der Waals surface area contributed by atoms with Crippen LogP contribution in [0.15, 0.2) is 24.3 Å². The van der Waals surface area contributed by atoms with Gasteiger partial charge in [0, 0.05) is 6.42 Å². The number of hydrogen-bond acceptors (Lipinski definition) is 5. The van der Waals surface area contributed by atoms with Crippen LogP contribution in [-0.4, -0.2) is 73.4 Å². The number of amides is 1. The molecule has 0 aliphatic heterocycles. The fraction of sp³-hybridized carbons (Fsp3) is 0.912. The molecule has 0 aromatic carbocycles. The van der Waals surface area contributed by atoms with Crippen molar-refractivity contribution in [2.24, 2.45) is 0 Å². The molecule has 392 valence electrons. The van der Waals surface area contributed by atoms with Gasteiger partial charge in [0.15, 0.2) is 0 Å².